The smallest absolute Gasteiger partial charge is 0.137 e. The third kappa shape index (κ3) is 3.61. The second-order valence-corrected chi connectivity index (χ2v) is 2.71. The minimum absolute atomic E-state index is 0. The Morgan fingerprint density at radius 1 is 1.36 bits per heavy atom. The third-order valence-electron chi connectivity index (χ3n) is 1.83. The van der Waals surface area contributed by atoms with E-state index in [0.717, 1.165) is 5.56 Å². The molecule has 1 aromatic heterocycles. The van der Waals surface area contributed by atoms with Crippen LogP contribution in [-0.2, 0) is 22.4 Å². The van der Waals surface area contributed by atoms with Crippen LogP contribution >= 0.6 is 0 Å². The molecule has 2 radical (unpaired) electrons. The van der Waals surface area contributed by atoms with Crippen molar-refractivity contribution >= 4 is 5.78 Å². The largest absolute Gasteiger partial charge is 0.750 e. The standard InChI is InChI=1S/C9H9NO2.La.Ta/c1-5-4-10-9(12)8(6(5)2)7(3)11;;/h1-3H3;;/q-2;;. The fourth-order valence-corrected chi connectivity index (χ4v) is 1.04. The average Bonchev–Trinajstić information content (AvgIpc) is 1.97. The van der Waals surface area contributed by atoms with Gasteiger partial charge in [-0.2, -0.15) is 5.56 Å². The summed E-state index contributed by atoms with van der Waals surface area (Å²) >= 11 is 0. The maximum absolute atomic E-state index is 11.1. The SMILES string of the molecule is CC(=O)c1c(C)c(C)[c-][n-]c1=O.[La].[Ta]. The van der Waals surface area contributed by atoms with E-state index in [9.17, 15) is 9.59 Å². The van der Waals surface area contributed by atoms with E-state index in [1.54, 1.807) is 13.8 Å². The molecule has 0 aliphatic carbocycles. The summed E-state index contributed by atoms with van der Waals surface area (Å²) in [7, 11) is 0. The fourth-order valence-electron chi connectivity index (χ4n) is 1.04. The van der Waals surface area contributed by atoms with Gasteiger partial charge in [-0.3, -0.25) is 4.79 Å². The van der Waals surface area contributed by atoms with Crippen LogP contribution in [-0.4, -0.2) is 5.78 Å². The fraction of sp³-hybridized carbons (Fsp3) is 0.333. The van der Waals surface area contributed by atoms with Gasteiger partial charge in [-0.25, -0.2) is 0 Å². The topological polar surface area (TPSA) is 48.2 Å². The van der Waals surface area contributed by atoms with Gasteiger partial charge >= 0.3 is 0 Å². The molecule has 0 aliphatic heterocycles. The van der Waals surface area contributed by atoms with Crippen molar-refractivity contribution in [3.63, 3.8) is 0 Å². The number of aryl methyl sites for hydroxylation is 1. The maximum Gasteiger partial charge on any atom is 0.137 e. The van der Waals surface area contributed by atoms with Gasteiger partial charge in [-0.15, -0.1) is 5.56 Å². The summed E-state index contributed by atoms with van der Waals surface area (Å²) in [4.78, 5) is 25.5. The molecular weight excluding hydrogens is 474 g/mol. The van der Waals surface area contributed by atoms with Crippen molar-refractivity contribution < 1.29 is 62.8 Å². The summed E-state index contributed by atoms with van der Waals surface area (Å²) in [5.74, 6) is -0.234. The van der Waals surface area contributed by atoms with E-state index in [2.05, 4.69) is 11.2 Å². The van der Waals surface area contributed by atoms with Gasteiger partial charge in [-0.05, 0) is 12.5 Å². The van der Waals surface area contributed by atoms with Crippen LogP contribution in [0.25, 0.3) is 0 Å². The number of hydrogen-bond donors (Lipinski definition) is 0. The summed E-state index contributed by atoms with van der Waals surface area (Å²) in [6.45, 7) is 4.87. The number of ketones is 1. The van der Waals surface area contributed by atoms with Crippen LogP contribution in [0.2, 0.25) is 0 Å². The molecular formula is C9H9LaNO2Ta-2. The number of carbonyl (C=O) groups is 1. The molecule has 1 aromatic rings. The van der Waals surface area contributed by atoms with Gasteiger partial charge in [0.15, 0.2) is 0 Å². The van der Waals surface area contributed by atoms with Crippen LogP contribution in [0.3, 0.4) is 0 Å². The first-order valence-electron chi connectivity index (χ1n) is 3.61. The van der Waals surface area contributed by atoms with E-state index in [1.807, 2.05) is 0 Å². The minimum atomic E-state index is -0.481. The molecule has 0 spiro atoms. The number of hydrogen-bond acceptors (Lipinski definition) is 2. The molecule has 0 saturated heterocycles. The molecule has 1 heterocycles. The molecule has 0 atom stereocenters. The first-order chi connectivity index (χ1) is 5.54. The van der Waals surface area contributed by atoms with Gasteiger partial charge in [0.25, 0.3) is 0 Å². The van der Waals surface area contributed by atoms with Crippen LogP contribution in [0.4, 0.5) is 0 Å². The molecule has 5 heteroatoms. The Balaban J connectivity index is 0. The van der Waals surface area contributed by atoms with E-state index in [1.165, 1.54) is 6.92 Å². The Morgan fingerprint density at radius 2 is 1.86 bits per heavy atom. The van der Waals surface area contributed by atoms with Gasteiger partial charge in [0.05, 0.1) is 0 Å². The second kappa shape index (κ2) is 6.93. The van der Waals surface area contributed by atoms with Gasteiger partial charge < -0.3 is 16.0 Å². The van der Waals surface area contributed by atoms with Crippen molar-refractivity contribution in [2.75, 3.05) is 0 Å². The molecule has 0 saturated carbocycles. The monoisotopic (exact) mass is 483 g/mol. The van der Waals surface area contributed by atoms with Crippen molar-refractivity contribution in [3.8, 4) is 0 Å². The number of carbonyl (C=O) groups excluding carboxylic acids is 1. The minimum Gasteiger partial charge on any atom is -0.750 e. The molecule has 0 bridgehead atoms. The molecule has 0 aromatic carbocycles. The van der Waals surface area contributed by atoms with Gasteiger partial charge in [0.2, 0.25) is 0 Å². The third-order valence-corrected chi connectivity index (χ3v) is 1.83. The van der Waals surface area contributed by atoms with Crippen LogP contribution in [0, 0.1) is 55.6 Å². The van der Waals surface area contributed by atoms with E-state index < -0.39 is 5.56 Å². The van der Waals surface area contributed by atoms with Crippen molar-refractivity contribution in [2.45, 2.75) is 20.8 Å². The first-order valence-corrected chi connectivity index (χ1v) is 3.61. The van der Waals surface area contributed by atoms with Crippen LogP contribution in [0.15, 0.2) is 4.79 Å². The van der Waals surface area contributed by atoms with Crippen molar-refractivity contribution in [1.82, 2.24) is 4.98 Å². The molecule has 0 N–H and O–H groups in total. The predicted octanol–water partition coefficient (Wildman–Crippen LogP) is 0.621. The second-order valence-electron chi connectivity index (χ2n) is 2.71. The van der Waals surface area contributed by atoms with E-state index >= 15 is 0 Å². The number of nitrogens with zero attached hydrogens (tertiary/aromatic N) is 1. The molecule has 0 fully saturated rings. The van der Waals surface area contributed by atoms with E-state index in [-0.39, 0.29) is 69.3 Å². The summed E-state index contributed by atoms with van der Waals surface area (Å²) in [6, 6.07) is 0. The summed E-state index contributed by atoms with van der Waals surface area (Å²) < 4.78 is 0. The zero-order valence-electron chi connectivity index (χ0n) is 8.29. The van der Waals surface area contributed by atoms with Crippen LogP contribution < -0.4 is 10.5 Å². The summed E-state index contributed by atoms with van der Waals surface area (Å²) in [5, 5.41) is 0. The van der Waals surface area contributed by atoms with Gasteiger partial charge in [0, 0.05) is 58.0 Å². The molecule has 1 rings (SSSR count). The number of rotatable bonds is 1. The van der Waals surface area contributed by atoms with Crippen molar-refractivity contribution in [3.05, 3.63) is 33.2 Å². The molecule has 14 heavy (non-hydrogen) atoms. The Bertz CT molecular complexity index is 387. The summed E-state index contributed by atoms with van der Waals surface area (Å²) in [6.07, 6.45) is 2.55. The number of Topliss-reactive ketones (excluding diaryl/α,β-unsaturated/α-hetero) is 1. The molecule has 0 unspecified atom stereocenters. The molecule has 3 nitrogen and oxygen atoms in total. The number of aromatic nitrogens is 1. The average molecular weight is 483 g/mol. The Kier molecular flexibility index (Phi) is 8.40. The van der Waals surface area contributed by atoms with E-state index in [4.69, 9.17) is 0 Å². The zero-order chi connectivity index (χ0) is 9.30. The normalized spacial score (nSPS) is 8.50. The first kappa shape index (κ1) is 17.0. The van der Waals surface area contributed by atoms with Crippen LogP contribution in [0.1, 0.15) is 28.4 Å². The van der Waals surface area contributed by atoms with Crippen LogP contribution in [0.5, 0.6) is 0 Å². The van der Waals surface area contributed by atoms with E-state index in [0.29, 0.717) is 5.56 Å². The quantitative estimate of drug-likeness (QED) is 0.435. The number of pyridine rings is 1. The van der Waals surface area contributed by atoms with Gasteiger partial charge in [-0.1, -0.05) is 19.4 Å². The molecule has 72 valence electrons. The van der Waals surface area contributed by atoms with Crippen molar-refractivity contribution in [2.24, 2.45) is 0 Å². The Labute approximate surface area is 126 Å². The predicted molar refractivity (Wildman–Crippen MR) is 44.3 cm³/mol. The summed E-state index contributed by atoms with van der Waals surface area (Å²) in [5.41, 5.74) is 1.14. The zero-order valence-corrected chi connectivity index (χ0v) is 15.1. The molecule has 0 aliphatic rings. The Morgan fingerprint density at radius 3 is 2.21 bits per heavy atom. The van der Waals surface area contributed by atoms with Crippen molar-refractivity contribution in [1.29, 1.82) is 0 Å². The van der Waals surface area contributed by atoms with Gasteiger partial charge in [0.1, 0.15) is 5.78 Å². The maximum atomic E-state index is 11.1. The Hall–Kier alpha value is 0.555. The molecule has 0 amide bonds.